The molecule has 1 aromatic rings. The first kappa shape index (κ1) is 19.0. The minimum atomic E-state index is 0. The molecule has 0 aliphatic carbocycles. The third kappa shape index (κ3) is 5.62. The Bertz CT molecular complexity index is 447. The van der Waals surface area contributed by atoms with Gasteiger partial charge in [-0.15, -0.1) is 12.4 Å². The fraction of sp³-hybridized carbons (Fsp3) is 0.611. The lowest BCUT2D eigenvalue weighted by atomic mass is 10.1. The van der Waals surface area contributed by atoms with Crippen molar-refractivity contribution < 1.29 is 4.79 Å². The fourth-order valence-electron chi connectivity index (χ4n) is 3.12. The monoisotopic (exact) mass is 324 g/mol. The van der Waals surface area contributed by atoms with Gasteiger partial charge in [0.05, 0.1) is 0 Å². The van der Waals surface area contributed by atoms with E-state index >= 15 is 0 Å². The smallest absolute Gasteiger partial charge is 0.222 e. The molecule has 1 atom stereocenters. The number of nitrogens with one attached hydrogen (secondary N) is 1. The van der Waals surface area contributed by atoms with Gasteiger partial charge in [0.1, 0.15) is 0 Å². The molecule has 3 nitrogen and oxygen atoms in total. The largest absolute Gasteiger partial charge is 0.338 e. The number of nitrogens with zero attached hydrogens (tertiary/aromatic N) is 1. The van der Waals surface area contributed by atoms with Crippen LogP contribution in [-0.4, -0.2) is 37.0 Å². The van der Waals surface area contributed by atoms with E-state index in [1.807, 2.05) is 7.05 Å². The Morgan fingerprint density at radius 1 is 1.27 bits per heavy atom. The topological polar surface area (TPSA) is 32.3 Å². The number of benzene rings is 1. The molecule has 1 heterocycles. The van der Waals surface area contributed by atoms with Gasteiger partial charge in [-0.3, -0.25) is 4.79 Å². The van der Waals surface area contributed by atoms with E-state index in [1.54, 1.807) is 0 Å². The van der Waals surface area contributed by atoms with Crippen molar-refractivity contribution in [1.29, 1.82) is 0 Å². The van der Waals surface area contributed by atoms with Crippen LogP contribution in [0.1, 0.15) is 43.2 Å². The zero-order chi connectivity index (χ0) is 15.1. The number of likely N-dealkylation sites (tertiary alicyclic amines) is 1. The molecule has 0 bridgehead atoms. The van der Waals surface area contributed by atoms with Crippen LogP contribution >= 0.6 is 12.4 Å². The van der Waals surface area contributed by atoms with Crippen molar-refractivity contribution >= 4 is 18.3 Å². The lowest BCUT2D eigenvalue weighted by Crippen LogP contribution is -2.40. The molecule has 124 valence electrons. The van der Waals surface area contributed by atoms with Crippen LogP contribution in [-0.2, 0) is 11.2 Å². The molecule has 1 unspecified atom stereocenters. The highest BCUT2D eigenvalue weighted by Gasteiger charge is 2.27. The summed E-state index contributed by atoms with van der Waals surface area (Å²) in [5.41, 5.74) is 2.68. The van der Waals surface area contributed by atoms with Crippen LogP contribution in [0.2, 0.25) is 0 Å². The number of aryl methyl sites for hydroxylation is 2. The molecule has 0 spiro atoms. The lowest BCUT2D eigenvalue weighted by Gasteiger charge is -2.24. The zero-order valence-corrected chi connectivity index (χ0v) is 14.6. The third-order valence-electron chi connectivity index (χ3n) is 4.36. The van der Waals surface area contributed by atoms with Gasteiger partial charge in [0.25, 0.3) is 0 Å². The Balaban J connectivity index is 0.00000242. The minimum Gasteiger partial charge on any atom is -0.338 e. The Morgan fingerprint density at radius 3 is 2.68 bits per heavy atom. The molecule has 2 rings (SSSR count). The third-order valence-corrected chi connectivity index (χ3v) is 4.36. The normalized spacial score (nSPS) is 17.4. The van der Waals surface area contributed by atoms with Crippen molar-refractivity contribution in [3.63, 3.8) is 0 Å². The van der Waals surface area contributed by atoms with Crippen molar-refractivity contribution in [1.82, 2.24) is 10.2 Å². The number of hydrogen-bond donors (Lipinski definition) is 1. The first-order chi connectivity index (χ1) is 10.2. The van der Waals surface area contributed by atoms with Gasteiger partial charge in [0, 0.05) is 25.6 Å². The Kier molecular flexibility index (Phi) is 8.51. The van der Waals surface area contributed by atoms with E-state index in [2.05, 4.69) is 41.4 Å². The average Bonchev–Trinajstić information content (AvgIpc) is 2.94. The van der Waals surface area contributed by atoms with E-state index in [9.17, 15) is 4.79 Å². The molecule has 0 aromatic heterocycles. The van der Waals surface area contributed by atoms with Crippen molar-refractivity contribution in [2.75, 3.05) is 20.1 Å². The van der Waals surface area contributed by atoms with Gasteiger partial charge >= 0.3 is 0 Å². The van der Waals surface area contributed by atoms with Crippen LogP contribution in [0.3, 0.4) is 0 Å². The summed E-state index contributed by atoms with van der Waals surface area (Å²) in [7, 11) is 1.96. The maximum absolute atomic E-state index is 12.3. The number of rotatable bonds is 7. The summed E-state index contributed by atoms with van der Waals surface area (Å²) in [6.07, 6.45) is 6.17. The van der Waals surface area contributed by atoms with Crippen molar-refractivity contribution in [2.24, 2.45) is 0 Å². The van der Waals surface area contributed by atoms with Crippen LogP contribution < -0.4 is 5.32 Å². The van der Waals surface area contributed by atoms with Gasteiger partial charge < -0.3 is 10.2 Å². The zero-order valence-electron chi connectivity index (χ0n) is 13.8. The molecule has 1 N–H and O–H groups in total. The number of carbonyl (C=O) groups is 1. The number of unbranched alkanes of at least 4 members (excludes halogenated alkanes) is 1. The molecule has 1 aliphatic heterocycles. The van der Waals surface area contributed by atoms with Crippen LogP contribution in [0.4, 0.5) is 0 Å². The number of hydrogen-bond acceptors (Lipinski definition) is 2. The predicted octanol–water partition coefficient (Wildman–Crippen LogP) is 3.34. The lowest BCUT2D eigenvalue weighted by molar-refractivity contribution is -0.132. The highest BCUT2D eigenvalue weighted by atomic mass is 35.5. The van der Waals surface area contributed by atoms with Gasteiger partial charge in [-0.1, -0.05) is 29.8 Å². The molecule has 0 saturated carbocycles. The first-order valence-electron chi connectivity index (χ1n) is 8.20. The second-order valence-electron chi connectivity index (χ2n) is 6.13. The summed E-state index contributed by atoms with van der Waals surface area (Å²) in [6, 6.07) is 9.13. The molecule has 1 fully saturated rings. The van der Waals surface area contributed by atoms with Crippen LogP contribution in [0, 0.1) is 6.92 Å². The number of carbonyl (C=O) groups excluding carboxylic acids is 1. The predicted molar refractivity (Wildman–Crippen MR) is 94.6 cm³/mol. The number of halogens is 1. The SMILES string of the molecule is CNCC1CCCN1C(=O)CCCCc1ccc(C)cc1.Cl. The van der Waals surface area contributed by atoms with Gasteiger partial charge in [-0.2, -0.15) is 0 Å². The van der Waals surface area contributed by atoms with E-state index in [0.29, 0.717) is 18.4 Å². The molecule has 1 aromatic carbocycles. The summed E-state index contributed by atoms with van der Waals surface area (Å²) in [4.78, 5) is 14.4. The molecule has 1 amide bonds. The van der Waals surface area contributed by atoms with Gasteiger partial charge in [0.15, 0.2) is 0 Å². The standard InChI is InChI=1S/C18H28N2O.ClH/c1-15-9-11-16(12-10-15)6-3-4-8-18(21)20-13-5-7-17(20)14-19-2;/h9-12,17,19H,3-8,13-14H2,1-2H3;1H. The first-order valence-corrected chi connectivity index (χ1v) is 8.20. The van der Waals surface area contributed by atoms with E-state index in [0.717, 1.165) is 45.2 Å². The summed E-state index contributed by atoms with van der Waals surface area (Å²) >= 11 is 0. The van der Waals surface area contributed by atoms with Crippen LogP contribution in [0.15, 0.2) is 24.3 Å². The Labute approximate surface area is 140 Å². The second kappa shape index (κ2) is 9.86. The maximum atomic E-state index is 12.3. The van der Waals surface area contributed by atoms with Gasteiger partial charge in [0.2, 0.25) is 5.91 Å². The Morgan fingerprint density at radius 2 is 2.00 bits per heavy atom. The average molecular weight is 325 g/mol. The second-order valence-corrected chi connectivity index (χ2v) is 6.13. The molecular weight excluding hydrogens is 296 g/mol. The van der Waals surface area contributed by atoms with E-state index in [4.69, 9.17) is 0 Å². The molecule has 22 heavy (non-hydrogen) atoms. The number of likely N-dealkylation sites (N-methyl/N-ethyl adjacent to an activating group) is 1. The molecule has 0 radical (unpaired) electrons. The fourth-order valence-corrected chi connectivity index (χ4v) is 3.12. The van der Waals surface area contributed by atoms with Gasteiger partial charge in [-0.25, -0.2) is 0 Å². The van der Waals surface area contributed by atoms with Crippen molar-refractivity contribution in [3.05, 3.63) is 35.4 Å². The highest BCUT2D eigenvalue weighted by molar-refractivity contribution is 5.85. The van der Waals surface area contributed by atoms with Crippen molar-refractivity contribution in [2.45, 2.75) is 51.5 Å². The number of amides is 1. The molecule has 1 saturated heterocycles. The summed E-state index contributed by atoms with van der Waals surface area (Å²) in [6.45, 7) is 3.98. The summed E-state index contributed by atoms with van der Waals surface area (Å²) < 4.78 is 0. The highest BCUT2D eigenvalue weighted by Crippen LogP contribution is 2.18. The van der Waals surface area contributed by atoms with Crippen molar-refractivity contribution in [3.8, 4) is 0 Å². The quantitative estimate of drug-likeness (QED) is 0.780. The van der Waals surface area contributed by atoms with E-state index in [-0.39, 0.29) is 12.4 Å². The molecular formula is C18H29ClN2O. The van der Waals surface area contributed by atoms with Gasteiger partial charge in [-0.05, 0) is 51.6 Å². The van der Waals surface area contributed by atoms with E-state index < -0.39 is 0 Å². The van der Waals surface area contributed by atoms with E-state index in [1.165, 1.54) is 11.1 Å². The minimum absolute atomic E-state index is 0. The summed E-state index contributed by atoms with van der Waals surface area (Å²) in [5.74, 6) is 0.344. The van der Waals surface area contributed by atoms with Crippen LogP contribution in [0.25, 0.3) is 0 Å². The molecule has 1 aliphatic rings. The maximum Gasteiger partial charge on any atom is 0.222 e. The Hall–Kier alpha value is -1.06. The van der Waals surface area contributed by atoms with Crippen LogP contribution in [0.5, 0.6) is 0 Å². The summed E-state index contributed by atoms with van der Waals surface area (Å²) in [5, 5.41) is 3.19. The molecule has 4 heteroatoms.